The zero-order valence-corrected chi connectivity index (χ0v) is 9.80. The number of benzene rings is 1. The Balaban J connectivity index is 2.29. The smallest absolute Gasteiger partial charge is 0.124 e. The van der Waals surface area contributed by atoms with Crippen LogP contribution in [0, 0.1) is 0 Å². The van der Waals surface area contributed by atoms with Gasteiger partial charge in [-0.05, 0) is 0 Å². The molecule has 1 heterocycles. The molecule has 0 saturated heterocycles. The van der Waals surface area contributed by atoms with Gasteiger partial charge in [0.15, 0.2) is 0 Å². The van der Waals surface area contributed by atoms with Crippen molar-refractivity contribution >= 4 is 5.69 Å². The average molecular weight is 220 g/mol. The molecule has 0 aromatic heterocycles. The molecule has 16 heavy (non-hydrogen) atoms. The lowest BCUT2D eigenvalue weighted by molar-refractivity contribution is 0.394. The summed E-state index contributed by atoms with van der Waals surface area (Å²) in [6.45, 7) is 0.844. The predicted octanol–water partition coefficient (Wildman–Crippen LogP) is 1.88. The molecule has 0 N–H and O–H groups in total. The second-order valence-electron chi connectivity index (χ2n) is 3.74. The van der Waals surface area contributed by atoms with E-state index in [1.165, 1.54) is 0 Å². The Morgan fingerprint density at radius 3 is 2.06 bits per heavy atom. The van der Waals surface area contributed by atoms with Gasteiger partial charge in [-0.15, -0.1) is 0 Å². The highest BCUT2D eigenvalue weighted by atomic mass is 16.5. The van der Waals surface area contributed by atoms with E-state index in [0.717, 1.165) is 23.9 Å². The third kappa shape index (κ3) is 2.05. The highest BCUT2D eigenvalue weighted by molar-refractivity contribution is 5.58. The molecule has 0 spiro atoms. The molecule has 2 rings (SSSR count). The van der Waals surface area contributed by atoms with E-state index in [9.17, 15) is 0 Å². The predicted molar refractivity (Wildman–Crippen MR) is 63.8 cm³/mol. The van der Waals surface area contributed by atoms with Crippen LogP contribution in [0.25, 0.3) is 0 Å². The number of methoxy groups -OCH3 is 2. The first-order valence-electron chi connectivity index (χ1n) is 5.11. The van der Waals surface area contributed by atoms with Gasteiger partial charge in [0, 0.05) is 43.3 Å². The van der Waals surface area contributed by atoms with Crippen LogP contribution in [0.4, 0.5) is 5.69 Å². The molecule has 4 heteroatoms. The summed E-state index contributed by atoms with van der Waals surface area (Å²) in [4.78, 5) is 4.23. The SMILES string of the molecule is COc1cc(OC)cc(N2C=CN(C)C2)c1. The van der Waals surface area contributed by atoms with Gasteiger partial charge in [0.25, 0.3) is 0 Å². The van der Waals surface area contributed by atoms with Gasteiger partial charge in [-0.3, -0.25) is 0 Å². The van der Waals surface area contributed by atoms with E-state index in [2.05, 4.69) is 9.80 Å². The van der Waals surface area contributed by atoms with Crippen molar-refractivity contribution in [3.8, 4) is 11.5 Å². The van der Waals surface area contributed by atoms with Crippen LogP contribution in [0.15, 0.2) is 30.6 Å². The van der Waals surface area contributed by atoms with E-state index < -0.39 is 0 Å². The van der Waals surface area contributed by atoms with Crippen LogP contribution in [0.1, 0.15) is 0 Å². The fourth-order valence-electron chi connectivity index (χ4n) is 1.65. The average Bonchev–Trinajstić information content (AvgIpc) is 2.75. The molecule has 0 radical (unpaired) electrons. The van der Waals surface area contributed by atoms with E-state index in [1.54, 1.807) is 14.2 Å². The molecule has 86 valence electrons. The second-order valence-corrected chi connectivity index (χ2v) is 3.74. The van der Waals surface area contributed by atoms with Crippen LogP contribution < -0.4 is 14.4 Å². The second kappa shape index (κ2) is 4.35. The van der Waals surface area contributed by atoms with E-state index >= 15 is 0 Å². The zero-order chi connectivity index (χ0) is 11.5. The van der Waals surface area contributed by atoms with Crippen LogP contribution in [0.2, 0.25) is 0 Å². The van der Waals surface area contributed by atoms with Gasteiger partial charge in [-0.25, -0.2) is 0 Å². The molecular weight excluding hydrogens is 204 g/mol. The van der Waals surface area contributed by atoms with Crippen molar-refractivity contribution in [3.63, 3.8) is 0 Å². The minimum absolute atomic E-state index is 0.803. The van der Waals surface area contributed by atoms with E-state index in [4.69, 9.17) is 9.47 Å². The maximum atomic E-state index is 5.24. The monoisotopic (exact) mass is 220 g/mol. The van der Waals surface area contributed by atoms with Crippen molar-refractivity contribution < 1.29 is 9.47 Å². The molecule has 0 bridgehead atoms. The summed E-state index contributed by atoms with van der Waals surface area (Å²) in [7, 11) is 5.35. The standard InChI is InChI=1S/C12H16N2O2/c1-13-4-5-14(9-13)10-6-11(15-2)8-12(7-10)16-3/h4-8H,9H2,1-3H3. The van der Waals surface area contributed by atoms with Gasteiger partial charge in [0.2, 0.25) is 0 Å². The fraction of sp³-hybridized carbons (Fsp3) is 0.333. The molecule has 1 aliphatic heterocycles. The molecule has 4 nitrogen and oxygen atoms in total. The molecule has 1 aliphatic rings. The number of ether oxygens (including phenoxy) is 2. The third-order valence-corrected chi connectivity index (χ3v) is 2.54. The van der Waals surface area contributed by atoms with Gasteiger partial charge in [0.1, 0.15) is 11.5 Å². The molecular formula is C12H16N2O2. The topological polar surface area (TPSA) is 24.9 Å². The lowest BCUT2D eigenvalue weighted by Gasteiger charge is -2.19. The van der Waals surface area contributed by atoms with Gasteiger partial charge < -0.3 is 19.3 Å². The summed E-state index contributed by atoms with van der Waals surface area (Å²) in [6, 6.07) is 5.85. The van der Waals surface area contributed by atoms with Crippen LogP contribution in [0.5, 0.6) is 11.5 Å². The molecule has 1 aromatic carbocycles. The fourth-order valence-corrected chi connectivity index (χ4v) is 1.65. The zero-order valence-electron chi connectivity index (χ0n) is 9.80. The first-order valence-corrected chi connectivity index (χ1v) is 5.11. The summed E-state index contributed by atoms with van der Waals surface area (Å²) < 4.78 is 10.5. The molecule has 0 amide bonds. The Labute approximate surface area is 95.7 Å². The molecule has 1 aromatic rings. The number of hydrogen-bond donors (Lipinski definition) is 0. The summed E-state index contributed by atoms with van der Waals surface area (Å²) in [5.74, 6) is 1.61. The summed E-state index contributed by atoms with van der Waals surface area (Å²) in [5.41, 5.74) is 1.07. The number of hydrogen-bond acceptors (Lipinski definition) is 4. The Bertz CT molecular complexity index is 382. The van der Waals surface area contributed by atoms with E-state index in [-0.39, 0.29) is 0 Å². The minimum Gasteiger partial charge on any atom is -0.497 e. The Hall–Kier alpha value is -1.84. The number of nitrogens with zero attached hydrogens (tertiary/aromatic N) is 2. The van der Waals surface area contributed by atoms with Crippen LogP contribution in [0.3, 0.4) is 0 Å². The van der Waals surface area contributed by atoms with Gasteiger partial charge in [0.05, 0.1) is 20.9 Å². The Kier molecular flexibility index (Phi) is 2.90. The van der Waals surface area contributed by atoms with Crippen LogP contribution in [-0.2, 0) is 0 Å². The summed E-state index contributed by atoms with van der Waals surface area (Å²) in [6.07, 6.45) is 4.07. The molecule has 0 aliphatic carbocycles. The summed E-state index contributed by atoms with van der Waals surface area (Å²) in [5, 5.41) is 0. The normalized spacial score (nSPS) is 14.4. The minimum atomic E-state index is 0.803. The highest BCUT2D eigenvalue weighted by Gasteiger charge is 2.12. The van der Waals surface area contributed by atoms with Crippen LogP contribution >= 0.6 is 0 Å². The first kappa shape index (κ1) is 10.7. The first-order chi connectivity index (χ1) is 7.72. The maximum Gasteiger partial charge on any atom is 0.124 e. The van der Waals surface area contributed by atoms with Crippen molar-refractivity contribution in [1.82, 2.24) is 4.90 Å². The molecule has 0 fully saturated rings. The van der Waals surface area contributed by atoms with Crippen molar-refractivity contribution in [1.29, 1.82) is 0 Å². The maximum absolute atomic E-state index is 5.24. The highest BCUT2D eigenvalue weighted by Crippen LogP contribution is 2.29. The lowest BCUT2D eigenvalue weighted by atomic mass is 10.2. The Morgan fingerprint density at radius 1 is 1.00 bits per heavy atom. The quantitative estimate of drug-likeness (QED) is 0.776. The number of rotatable bonds is 3. The van der Waals surface area contributed by atoms with Crippen molar-refractivity contribution in [2.24, 2.45) is 0 Å². The third-order valence-electron chi connectivity index (χ3n) is 2.54. The molecule has 0 saturated carbocycles. The molecule has 0 atom stereocenters. The van der Waals surface area contributed by atoms with Crippen molar-refractivity contribution in [3.05, 3.63) is 30.6 Å². The van der Waals surface area contributed by atoms with Gasteiger partial charge in [-0.1, -0.05) is 0 Å². The van der Waals surface area contributed by atoms with Crippen molar-refractivity contribution in [2.75, 3.05) is 32.8 Å². The van der Waals surface area contributed by atoms with Gasteiger partial charge in [-0.2, -0.15) is 0 Å². The van der Waals surface area contributed by atoms with E-state index in [1.807, 2.05) is 37.6 Å². The summed E-state index contributed by atoms with van der Waals surface area (Å²) >= 11 is 0. The lowest BCUT2D eigenvalue weighted by Crippen LogP contribution is -2.21. The largest absolute Gasteiger partial charge is 0.497 e. The van der Waals surface area contributed by atoms with Gasteiger partial charge >= 0.3 is 0 Å². The van der Waals surface area contributed by atoms with E-state index in [0.29, 0.717) is 0 Å². The van der Waals surface area contributed by atoms with Crippen molar-refractivity contribution in [2.45, 2.75) is 0 Å². The number of anilines is 1. The Morgan fingerprint density at radius 2 is 1.62 bits per heavy atom. The van der Waals surface area contributed by atoms with Crippen LogP contribution in [-0.4, -0.2) is 32.8 Å². The molecule has 0 unspecified atom stereocenters.